The third-order valence-electron chi connectivity index (χ3n) is 4.34. The van der Waals surface area contributed by atoms with E-state index in [0.29, 0.717) is 0 Å². The zero-order valence-electron chi connectivity index (χ0n) is 16.0. The van der Waals surface area contributed by atoms with Crippen LogP contribution in [0.4, 0.5) is 0 Å². The minimum atomic E-state index is -0.0804. The second-order valence-electron chi connectivity index (χ2n) is 6.63. The van der Waals surface area contributed by atoms with E-state index in [0.717, 1.165) is 19.4 Å². The Morgan fingerprint density at radius 1 is 0.696 bits per heavy atom. The molecule has 2 nitrogen and oxygen atoms in total. The Morgan fingerprint density at radius 2 is 1.17 bits per heavy atom. The molecule has 0 amide bonds. The predicted octanol–water partition coefficient (Wildman–Crippen LogP) is 7.38. The molecular formula is C21H42O2. The third kappa shape index (κ3) is 17.7. The Hall–Kier alpha value is -0.500. The van der Waals surface area contributed by atoms with E-state index in [1.165, 1.54) is 89.7 Å². The average molecular weight is 327 g/mol. The maximum absolute atomic E-state index is 5.82. The van der Waals surface area contributed by atoms with Crippen molar-refractivity contribution in [2.24, 2.45) is 0 Å². The number of rotatable bonds is 19. The summed E-state index contributed by atoms with van der Waals surface area (Å²) in [6.45, 7) is 8.98. The molecule has 0 aromatic carbocycles. The summed E-state index contributed by atoms with van der Waals surface area (Å²) >= 11 is 0. The molecule has 138 valence electrons. The summed E-state index contributed by atoms with van der Waals surface area (Å²) < 4.78 is 11.3. The first kappa shape index (κ1) is 22.5. The van der Waals surface area contributed by atoms with E-state index in [2.05, 4.69) is 20.4 Å². The van der Waals surface area contributed by atoms with Crippen molar-refractivity contribution in [1.82, 2.24) is 0 Å². The highest BCUT2D eigenvalue weighted by atomic mass is 16.7. The molecule has 0 rings (SSSR count). The van der Waals surface area contributed by atoms with Gasteiger partial charge < -0.3 is 9.47 Å². The first-order valence-electron chi connectivity index (χ1n) is 10.2. The van der Waals surface area contributed by atoms with E-state index in [1.807, 2.05) is 0 Å². The molecule has 0 radical (unpaired) electrons. The zero-order chi connectivity index (χ0) is 17.0. The van der Waals surface area contributed by atoms with Crippen molar-refractivity contribution in [2.75, 3.05) is 6.61 Å². The molecule has 0 bridgehead atoms. The van der Waals surface area contributed by atoms with Crippen molar-refractivity contribution in [3.63, 3.8) is 0 Å². The van der Waals surface area contributed by atoms with Gasteiger partial charge in [-0.2, -0.15) is 0 Å². The molecule has 0 aliphatic heterocycles. The van der Waals surface area contributed by atoms with E-state index >= 15 is 0 Å². The summed E-state index contributed by atoms with van der Waals surface area (Å²) in [5, 5.41) is 0. The Kier molecular flexibility index (Phi) is 19.1. The Labute approximate surface area is 146 Å². The van der Waals surface area contributed by atoms with Gasteiger partial charge in [-0.3, -0.25) is 0 Å². The van der Waals surface area contributed by atoms with Crippen LogP contribution >= 0.6 is 0 Å². The van der Waals surface area contributed by atoms with Crippen LogP contribution in [0.25, 0.3) is 0 Å². The largest absolute Gasteiger partial charge is 0.473 e. The van der Waals surface area contributed by atoms with Gasteiger partial charge in [-0.25, -0.2) is 0 Å². The SMILES string of the molecule is C=COC(CCCCCCCCCCCC)OCCCCCC. The zero-order valence-corrected chi connectivity index (χ0v) is 16.0. The average Bonchev–Trinajstić information content (AvgIpc) is 2.56. The van der Waals surface area contributed by atoms with Gasteiger partial charge in [0.2, 0.25) is 0 Å². The maximum atomic E-state index is 5.82. The van der Waals surface area contributed by atoms with Gasteiger partial charge in [0.15, 0.2) is 6.29 Å². The van der Waals surface area contributed by atoms with Crippen LogP contribution in [0.2, 0.25) is 0 Å². The molecule has 2 heteroatoms. The summed E-state index contributed by atoms with van der Waals surface area (Å²) in [7, 11) is 0. The van der Waals surface area contributed by atoms with Gasteiger partial charge in [0.05, 0.1) is 12.9 Å². The highest BCUT2D eigenvalue weighted by Crippen LogP contribution is 2.14. The molecule has 0 heterocycles. The summed E-state index contributed by atoms with van der Waals surface area (Å²) in [6, 6.07) is 0. The molecule has 0 fully saturated rings. The summed E-state index contributed by atoms with van der Waals surface area (Å²) in [4.78, 5) is 0. The number of hydrogen-bond acceptors (Lipinski definition) is 2. The standard InChI is InChI=1S/C21H42O2/c1-4-7-9-11-12-13-14-15-16-17-19-21(22-6-3)23-20-18-10-8-5-2/h6,21H,3-5,7-20H2,1-2H3. The van der Waals surface area contributed by atoms with E-state index < -0.39 is 0 Å². The van der Waals surface area contributed by atoms with Crippen LogP contribution in [0.1, 0.15) is 110 Å². The molecule has 23 heavy (non-hydrogen) atoms. The smallest absolute Gasteiger partial charge is 0.198 e. The van der Waals surface area contributed by atoms with E-state index in [1.54, 1.807) is 0 Å². The highest BCUT2D eigenvalue weighted by Gasteiger charge is 2.07. The van der Waals surface area contributed by atoms with Crippen LogP contribution < -0.4 is 0 Å². The first-order valence-corrected chi connectivity index (χ1v) is 10.2. The Morgan fingerprint density at radius 3 is 1.70 bits per heavy atom. The van der Waals surface area contributed by atoms with Crippen molar-refractivity contribution in [1.29, 1.82) is 0 Å². The maximum Gasteiger partial charge on any atom is 0.198 e. The monoisotopic (exact) mass is 326 g/mol. The fourth-order valence-corrected chi connectivity index (χ4v) is 2.84. The summed E-state index contributed by atoms with van der Waals surface area (Å²) in [6.07, 6.45) is 21.1. The molecule has 0 aliphatic carbocycles. The molecule has 1 atom stereocenters. The number of ether oxygens (including phenoxy) is 2. The fraction of sp³-hybridized carbons (Fsp3) is 0.905. The van der Waals surface area contributed by atoms with E-state index in [-0.39, 0.29) is 6.29 Å². The minimum absolute atomic E-state index is 0.0804. The van der Waals surface area contributed by atoms with Crippen LogP contribution in [-0.2, 0) is 9.47 Å². The molecule has 0 saturated heterocycles. The third-order valence-corrected chi connectivity index (χ3v) is 4.34. The van der Waals surface area contributed by atoms with Crippen molar-refractivity contribution >= 4 is 0 Å². The minimum Gasteiger partial charge on any atom is -0.473 e. The molecule has 0 saturated carbocycles. The van der Waals surface area contributed by atoms with Gasteiger partial charge in [-0.05, 0) is 12.8 Å². The lowest BCUT2D eigenvalue weighted by atomic mass is 10.1. The molecule has 0 aromatic heterocycles. The van der Waals surface area contributed by atoms with Crippen LogP contribution in [0.5, 0.6) is 0 Å². The topological polar surface area (TPSA) is 18.5 Å². The second-order valence-corrected chi connectivity index (χ2v) is 6.63. The van der Waals surface area contributed by atoms with E-state index in [4.69, 9.17) is 9.47 Å². The number of hydrogen-bond donors (Lipinski definition) is 0. The predicted molar refractivity (Wildman–Crippen MR) is 102 cm³/mol. The summed E-state index contributed by atoms with van der Waals surface area (Å²) in [5.74, 6) is 0. The Bertz CT molecular complexity index is 228. The molecule has 1 unspecified atom stereocenters. The quantitative estimate of drug-likeness (QED) is 0.140. The van der Waals surface area contributed by atoms with Gasteiger partial charge in [-0.15, -0.1) is 0 Å². The normalized spacial score (nSPS) is 12.3. The highest BCUT2D eigenvalue weighted by molar-refractivity contribution is 4.56. The van der Waals surface area contributed by atoms with Crippen molar-refractivity contribution in [3.05, 3.63) is 12.8 Å². The lowest BCUT2D eigenvalue weighted by Gasteiger charge is -2.17. The van der Waals surface area contributed by atoms with Crippen LogP contribution in [-0.4, -0.2) is 12.9 Å². The molecule has 0 aromatic rings. The molecular weight excluding hydrogens is 284 g/mol. The van der Waals surface area contributed by atoms with Gasteiger partial charge in [0.1, 0.15) is 0 Å². The van der Waals surface area contributed by atoms with Crippen LogP contribution in [0.15, 0.2) is 12.8 Å². The second kappa shape index (κ2) is 19.5. The van der Waals surface area contributed by atoms with Crippen molar-refractivity contribution < 1.29 is 9.47 Å². The van der Waals surface area contributed by atoms with Gasteiger partial charge in [0.25, 0.3) is 0 Å². The summed E-state index contributed by atoms with van der Waals surface area (Å²) in [5.41, 5.74) is 0. The fourth-order valence-electron chi connectivity index (χ4n) is 2.84. The molecule has 0 N–H and O–H groups in total. The van der Waals surface area contributed by atoms with Crippen molar-refractivity contribution in [3.8, 4) is 0 Å². The van der Waals surface area contributed by atoms with Gasteiger partial charge >= 0.3 is 0 Å². The number of unbranched alkanes of at least 4 members (excludes halogenated alkanes) is 12. The lowest BCUT2D eigenvalue weighted by Crippen LogP contribution is -2.15. The Balaban J connectivity index is 3.40. The first-order chi connectivity index (χ1) is 11.3. The van der Waals surface area contributed by atoms with E-state index in [9.17, 15) is 0 Å². The van der Waals surface area contributed by atoms with Crippen LogP contribution in [0.3, 0.4) is 0 Å². The molecule has 0 spiro atoms. The van der Waals surface area contributed by atoms with Crippen LogP contribution in [0, 0.1) is 0 Å². The lowest BCUT2D eigenvalue weighted by molar-refractivity contribution is -0.111. The van der Waals surface area contributed by atoms with Crippen molar-refractivity contribution in [2.45, 2.75) is 116 Å². The van der Waals surface area contributed by atoms with Gasteiger partial charge in [0, 0.05) is 6.42 Å². The molecule has 0 aliphatic rings. The van der Waals surface area contributed by atoms with Gasteiger partial charge in [-0.1, -0.05) is 97.5 Å².